The average Bonchev–Trinajstić information content (AvgIpc) is 2.50. The molecular formula is C20H42O3. The maximum absolute atomic E-state index is 9.00. The Bertz CT molecular complexity index is 197. The van der Waals surface area contributed by atoms with Gasteiger partial charge in [-0.3, -0.25) is 4.79 Å². The minimum atomic E-state index is -0.833. The molecule has 0 spiro atoms. The Morgan fingerprint density at radius 1 is 0.652 bits per heavy atom. The quantitative estimate of drug-likeness (QED) is 0.324. The van der Waals surface area contributed by atoms with Crippen molar-refractivity contribution in [3.05, 3.63) is 0 Å². The normalized spacial score (nSPS) is 10.2. The van der Waals surface area contributed by atoms with Crippen LogP contribution in [0.25, 0.3) is 0 Å². The van der Waals surface area contributed by atoms with E-state index in [1.54, 1.807) is 0 Å². The van der Waals surface area contributed by atoms with Crippen molar-refractivity contribution in [2.75, 3.05) is 13.2 Å². The predicted molar refractivity (Wildman–Crippen MR) is 100 cm³/mol. The predicted octanol–water partition coefficient (Wildman–Crippen LogP) is 6.60. The largest absolute Gasteiger partial charge is 0.481 e. The van der Waals surface area contributed by atoms with Crippen LogP contribution in [0.2, 0.25) is 0 Å². The third kappa shape index (κ3) is 34.0. The lowest BCUT2D eigenvalue weighted by atomic mass is 10.1. The number of hydrogen-bond acceptors (Lipinski definition) is 2. The second-order valence-electron chi connectivity index (χ2n) is 6.37. The van der Waals surface area contributed by atoms with E-state index >= 15 is 0 Å². The molecule has 3 heteroatoms. The van der Waals surface area contributed by atoms with Crippen LogP contribution in [0.1, 0.15) is 111 Å². The molecule has 0 aliphatic heterocycles. The van der Waals surface area contributed by atoms with Crippen LogP contribution in [0.4, 0.5) is 0 Å². The average molecular weight is 331 g/mol. The lowest BCUT2D eigenvalue weighted by Gasteiger charge is -2.04. The summed E-state index contributed by atoms with van der Waals surface area (Å²) in [6.45, 7) is 7.61. The molecule has 23 heavy (non-hydrogen) atoms. The van der Waals surface area contributed by atoms with E-state index in [-0.39, 0.29) is 0 Å². The van der Waals surface area contributed by atoms with Gasteiger partial charge in [0.1, 0.15) is 0 Å². The van der Waals surface area contributed by atoms with Crippen molar-refractivity contribution >= 4 is 5.97 Å². The molecule has 3 nitrogen and oxygen atoms in total. The van der Waals surface area contributed by atoms with E-state index in [2.05, 4.69) is 13.8 Å². The first-order valence-corrected chi connectivity index (χ1v) is 9.92. The number of carboxylic acid groups (broad SMARTS) is 1. The third-order valence-corrected chi connectivity index (χ3v) is 3.78. The molecule has 0 aromatic rings. The first-order valence-electron chi connectivity index (χ1n) is 9.92. The number of carboxylic acids is 1. The van der Waals surface area contributed by atoms with Gasteiger partial charge < -0.3 is 9.84 Å². The second kappa shape index (κ2) is 23.7. The van der Waals surface area contributed by atoms with E-state index in [1.165, 1.54) is 89.9 Å². The van der Waals surface area contributed by atoms with Crippen molar-refractivity contribution in [3.8, 4) is 0 Å². The van der Waals surface area contributed by atoms with Crippen molar-refractivity contribution in [2.45, 2.75) is 111 Å². The van der Waals surface area contributed by atoms with Crippen LogP contribution in [0, 0.1) is 0 Å². The molecule has 0 aliphatic carbocycles. The molecule has 0 heterocycles. The van der Waals surface area contributed by atoms with Gasteiger partial charge in [0.05, 0.1) is 0 Å². The van der Waals surface area contributed by atoms with Crippen LogP contribution in [0.15, 0.2) is 0 Å². The fourth-order valence-corrected chi connectivity index (χ4v) is 2.42. The highest BCUT2D eigenvalue weighted by atomic mass is 16.5. The highest BCUT2D eigenvalue weighted by Gasteiger charge is 1.93. The summed E-state index contributed by atoms with van der Waals surface area (Å²) in [6, 6.07) is 0. The summed E-state index contributed by atoms with van der Waals surface area (Å²) in [5.41, 5.74) is 0. The zero-order valence-electron chi connectivity index (χ0n) is 16.1. The molecule has 0 unspecified atom stereocenters. The molecule has 0 aromatic carbocycles. The van der Waals surface area contributed by atoms with E-state index in [1.807, 2.05) is 0 Å². The zero-order valence-corrected chi connectivity index (χ0v) is 16.1. The molecule has 0 amide bonds. The number of unbranched alkanes of at least 4 members (excludes halogenated alkanes) is 12. The minimum absolute atomic E-state index is 0.833. The van der Waals surface area contributed by atoms with Gasteiger partial charge in [-0.1, -0.05) is 90.9 Å². The first-order chi connectivity index (χ1) is 11.1. The zero-order chi connectivity index (χ0) is 17.6. The monoisotopic (exact) mass is 330 g/mol. The van der Waals surface area contributed by atoms with E-state index in [9.17, 15) is 0 Å². The number of ether oxygens (including phenoxy) is 1. The molecule has 0 aliphatic rings. The van der Waals surface area contributed by atoms with E-state index in [0.29, 0.717) is 0 Å². The Kier molecular flexibility index (Phi) is 25.4. The first kappa shape index (κ1) is 24.7. The Labute approximate surface area is 145 Å². The summed E-state index contributed by atoms with van der Waals surface area (Å²) in [6.07, 6.45) is 19.3. The van der Waals surface area contributed by atoms with Gasteiger partial charge in [-0.15, -0.1) is 0 Å². The maximum Gasteiger partial charge on any atom is 0.300 e. The van der Waals surface area contributed by atoms with Crippen LogP contribution < -0.4 is 0 Å². The molecule has 0 rings (SSSR count). The molecule has 0 aromatic heterocycles. The van der Waals surface area contributed by atoms with Gasteiger partial charge in [0, 0.05) is 20.1 Å². The highest BCUT2D eigenvalue weighted by molar-refractivity contribution is 5.62. The fraction of sp³-hybridized carbons (Fsp3) is 0.950. The fourth-order valence-electron chi connectivity index (χ4n) is 2.42. The Balaban J connectivity index is 0. The lowest BCUT2D eigenvalue weighted by molar-refractivity contribution is -0.134. The van der Waals surface area contributed by atoms with Gasteiger partial charge >= 0.3 is 0 Å². The topological polar surface area (TPSA) is 46.5 Å². The summed E-state index contributed by atoms with van der Waals surface area (Å²) in [7, 11) is 0. The molecule has 0 atom stereocenters. The van der Waals surface area contributed by atoms with Gasteiger partial charge in [-0.05, 0) is 12.8 Å². The van der Waals surface area contributed by atoms with Gasteiger partial charge in [0.15, 0.2) is 0 Å². The molecule has 0 radical (unpaired) electrons. The van der Waals surface area contributed by atoms with Crippen molar-refractivity contribution in [3.63, 3.8) is 0 Å². The van der Waals surface area contributed by atoms with E-state index < -0.39 is 5.97 Å². The summed E-state index contributed by atoms with van der Waals surface area (Å²) < 4.78 is 5.69. The maximum atomic E-state index is 9.00. The Morgan fingerprint density at radius 3 is 1.22 bits per heavy atom. The number of hydrogen-bond donors (Lipinski definition) is 1. The minimum Gasteiger partial charge on any atom is -0.481 e. The van der Waals surface area contributed by atoms with Crippen molar-refractivity contribution < 1.29 is 14.6 Å². The molecule has 0 fully saturated rings. The number of aliphatic carboxylic acids is 1. The number of carbonyl (C=O) groups is 1. The van der Waals surface area contributed by atoms with Crippen molar-refractivity contribution in [1.29, 1.82) is 0 Å². The van der Waals surface area contributed by atoms with Crippen LogP contribution in [0.3, 0.4) is 0 Å². The molecular weight excluding hydrogens is 288 g/mol. The second-order valence-corrected chi connectivity index (χ2v) is 6.37. The van der Waals surface area contributed by atoms with Crippen LogP contribution in [0.5, 0.6) is 0 Å². The standard InChI is InChI=1S/C18H38O.C2H4O2/c1-3-5-7-9-11-13-15-17-19-18-16-14-12-10-8-6-4-2;1-2(3)4/h3-18H2,1-2H3;1H3,(H,3,4). The van der Waals surface area contributed by atoms with E-state index in [0.717, 1.165) is 20.1 Å². The Hall–Kier alpha value is -0.570. The van der Waals surface area contributed by atoms with E-state index in [4.69, 9.17) is 14.6 Å². The molecule has 140 valence electrons. The van der Waals surface area contributed by atoms with Crippen LogP contribution in [-0.4, -0.2) is 24.3 Å². The summed E-state index contributed by atoms with van der Waals surface area (Å²) in [5.74, 6) is -0.833. The summed E-state index contributed by atoms with van der Waals surface area (Å²) in [5, 5.41) is 7.42. The smallest absolute Gasteiger partial charge is 0.300 e. The van der Waals surface area contributed by atoms with Crippen molar-refractivity contribution in [1.82, 2.24) is 0 Å². The molecule has 1 N–H and O–H groups in total. The summed E-state index contributed by atoms with van der Waals surface area (Å²) in [4.78, 5) is 9.00. The number of rotatable bonds is 16. The van der Waals surface area contributed by atoms with Gasteiger partial charge in [-0.25, -0.2) is 0 Å². The third-order valence-electron chi connectivity index (χ3n) is 3.78. The lowest BCUT2D eigenvalue weighted by Crippen LogP contribution is -1.97. The van der Waals surface area contributed by atoms with Crippen LogP contribution >= 0.6 is 0 Å². The molecule has 0 bridgehead atoms. The Morgan fingerprint density at radius 2 is 0.913 bits per heavy atom. The molecule has 0 saturated heterocycles. The summed E-state index contributed by atoms with van der Waals surface area (Å²) >= 11 is 0. The molecule has 0 saturated carbocycles. The van der Waals surface area contributed by atoms with Gasteiger partial charge in [0.2, 0.25) is 0 Å². The SMILES string of the molecule is CC(=O)O.CCCCCCCCCOCCCCCCCCC. The van der Waals surface area contributed by atoms with Crippen molar-refractivity contribution in [2.24, 2.45) is 0 Å². The van der Waals surface area contributed by atoms with Gasteiger partial charge in [-0.2, -0.15) is 0 Å². The highest BCUT2D eigenvalue weighted by Crippen LogP contribution is 2.08. The van der Waals surface area contributed by atoms with Crippen LogP contribution in [-0.2, 0) is 9.53 Å². The van der Waals surface area contributed by atoms with Gasteiger partial charge in [0.25, 0.3) is 5.97 Å².